The van der Waals surface area contributed by atoms with Gasteiger partial charge in [-0.1, -0.05) is 61.3 Å². The fourth-order valence-electron chi connectivity index (χ4n) is 3.95. The van der Waals surface area contributed by atoms with Gasteiger partial charge in [-0.2, -0.15) is 0 Å². The quantitative estimate of drug-likeness (QED) is 0.359. The highest BCUT2D eigenvalue weighted by Crippen LogP contribution is 2.28. The van der Waals surface area contributed by atoms with E-state index in [0.717, 1.165) is 24.7 Å². The van der Waals surface area contributed by atoms with Crippen molar-refractivity contribution >= 4 is 39.1 Å². The first-order valence-electron chi connectivity index (χ1n) is 12.4. The Hall–Kier alpha value is -2.58. The molecule has 0 heterocycles. The lowest BCUT2D eigenvalue weighted by atomic mass is 10.1. The number of amides is 2. The van der Waals surface area contributed by atoms with Gasteiger partial charge in [-0.25, -0.2) is 8.42 Å². The second-order valence-corrected chi connectivity index (χ2v) is 11.3. The lowest BCUT2D eigenvalue weighted by Crippen LogP contribution is -2.49. The van der Waals surface area contributed by atoms with Crippen LogP contribution in [0, 0.1) is 6.92 Å². The van der Waals surface area contributed by atoms with Gasteiger partial charge >= 0.3 is 0 Å². The molecule has 2 rings (SSSR count). The number of anilines is 1. The normalized spacial score (nSPS) is 12.1. The standard InChI is InChI=1S/C27H38ClN3O4S/c1-5-6-18-29-27(33)22(3)30(20-17-23-12-8-7-9-13-23)26(32)16-11-19-31(36(4,34)35)25-15-10-14-24(28)21(25)2/h7-10,12-15,22H,5-6,11,16-20H2,1-4H3,(H,29,33)/t22-/m0/s1. The van der Waals surface area contributed by atoms with Gasteiger partial charge in [-0.15, -0.1) is 0 Å². The van der Waals surface area contributed by atoms with Crippen LogP contribution in [-0.4, -0.2) is 57.1 Å². The molecule has 2 aromatic rings. The number of carbonyl (C=O) groups is 2. The zero-order chi connectivity index (χ0) is 26.7. The number of benzene rings is 2. The fourth-order valence-corrected chi connectivity index (χ4v) is 5.14. The largest absolute Gasteiger partial charge is 0.354 e. The van der Waals surface area contributed by atoms with Crippen LogP contribution in [-0.2, 0) is 26.0 Å². The summed E-state index contributed by atoms with van der Waals surface area (Å²) in [5.41, 5.74) is 2.24. The number of carbonyl (C=O) groups excluding carboxylic acids is 2. The topological polar surface area (TPSA) is 86.8 Å². The van der Waals surface area contributed by atoms with Crippen molar-refractivity contribution in [3.63, 3.8) is 0 Å². The summed E-state index contributed by atoms with van der Waals surface area (Å²) in [7, 11) is -3.58. The molecule has 0 aliphatic heterocycles. The van der Waals surface area contributed by atoms with Crippen molar-refractivity contribution in [2.24, 2.45) is 0 Å². The molecule has 0 saturated heterocycles. The number of nitrogens with zero attached hydrogens (tertiary/aromatic N) is 2. The molecule has 36 heavy (non-hydrogen) atoms. The van der Waals surface area contributed by atoms with Crippen LogP contribution in [0.1, 0.15) is 50.7 Å². The first kappa shape index (κ1) is 29.6. The third kappa shape index (κ3) is 8.82. The fraction of sp³-hybridized carbons (Fsp3) is 0.481. The van der Waals surface area contributed by atoms with Crippen LogP contribution >= 0.6 is 11.6 Å². The minimum atomic E-state index is -3.58. The van der Waals surface area contributed by atoms with Gasteiger partial charge in [0.1, 0.15) is 6.04 Å². The van der Waals surface area contributed by atoms with E-state index in [-0.39, 0.29) is 24.8 Å². The van der Waals surface area contributed by atoms with E-state index < -0.39 is 16.1 Å². The summed E-state index contributed by atoms with van der Waals surface area (Å²) in [6.45, 7) is 6.66. The molecule has 1 N–H and O–H groups in total. The molecule has 7 nitrogen and oxygen atoms in total. The maximum atomic E-state index is 13.3. The van der Waals surface area contributed by atoms with Crippen molar-refractivity contribution in [2.75, 3.05) is 30.2 Å². The molecule has 0 spiro atoms. The van der Waals surface area contributed by atoms with Crippen LogP contribution in [0.2, 0.25) is 5.02 Å². The SMILES string of the molecule is CCCCNC(=O)[C@H](C)N(CCc1ccccc1)C(=O)CCCN(c1cccc(Cl)c1C)S(C)(=O)=O. The van der Waals surface area contributed by atoms with Gasteiger partial charge in [0.15, 0.2) is 0 Å². The number of nitrogens with one attached hydrogen (secondary N) is 1. The predicted molar refractivity (Wildman–Crippen MR) is 147 cm³/mol. The third-order valence-electron chi connectivity index (χ3n) is 6.14. The van der Waals surface area contributed by atoms with E-state index in [1.165, 1.54) is 4.31 Å². The van der Waals surface area contributed by atoms with E-state index in [1.807, 2.05) is 30.3 Å². The molecule has 0 aliphatic carbocycles. The van der Waals surface area contributed by atoms with Gasteiger partial charge in [-0.3, -0.25) is 13.9 Å². The third-order valence-corrected chi connectivity index (χ3v) is 7.73. The molecule has 2 aromatic carbocycles. The van der Waals surface area contributed by atoms with Gasteiger partial charge < -0.3 is 10.2 Å². The molecule has 9 heteroatoms. The zero-order valence-electron chi connectivity index (χ0n) is 21.7. The second kappa shape index (κ2) is 14.2. The maximum Gasteiger partial charge on any atom is 0.242 e. The molecule has 2 amide bonds. The molecule has 0 saturated carbocycles. The van der Waals surface area contributed by atoms with Crippen LogP contribution in [0.5, 0.6) is 0 Å². The highest BCUT2D eigenvalue weighted by atomic mass is 35.5. The minimum absolute atomic E-state index is 0.118. The minimum Gasteiger partial charge on any atom is -0.354 e. The molecule has 0 radical (unpaired) electrons. The Bertz CT molecular complexity index is 1110. The number of rotatable bonds is 14. The average Bonchev–Trinajstić information content (AvgIpc) is 2.84. The van der Waals surface area contributed by atoms with E-state index in [9.17, 15) is 18.0 Å². The Morgan fingerprint density at radius 2 is 1.72 bits per heavy atom. The van der Waals surface area contributed by atoms with Gasteiger partial charge in [0.05, 0.1) is 11.9 Å². The second-order valence-electron chi connectivity index (χ2n) is 8.97. The van der Waals surface area contributed by atoms with Crippen LogP contribution in [0.3, 0.4) is 0 Å². The van der Waals surface area contributed by atoms with E-state index in [2.05, 4.69) is 12.2 Å². The number of unbranched alkanes of at least 4 members (excludes halogenated alkanes) is 1. The predicted octanol–water partition coefficient (Wildman–Crippen LogP) is 4.57. The van der Waals surface area contributed by atoms with Crippen molar-refractivity contribution in [1.82, 2.24) is 10.2 Å². The Morgan fingerprint density at radius 1 is 1.03 bits per heavy atom. The van der Waals surface area contributed by atoms with Crippen molar-refractivity contribution < 1.29 is 18.0 Å². The molecule has 0 aromatic heterocycles. The van der Waals surface area contributed by atoms with Crippen molar-refractivity contribution in [2.45, 2.75) is 58.9 Å². The van der Waals surface area contributed by atoms with E-state index in [1.54, 1.807) is 36.9 Å². The Labute approximate surface area is 220 Å². The summed E-state index contributed by atoms with van der Waals surface area (Å²) in [6.07, 6.45) is 4.03. The zero-order valence-corrected chi connectivity index (χ0v) is 23.2. The number of sulfonamides is 1. The van der Waals surface area contributed by atoms with E-state index in [0.29, 0.717) is 42.2 Å². The summed E-state index contributed by atoms with van der Waals surface area (Å²) >= 11 is 6.21. The molecule has 1 atom stereocenters. The summed E-state index contributed by atoms with van der Waals surface area (Å²) < 4.78 is 26.3. The maximum absolute atomic E-state index is 13.3. The molecule has 0 fully saturated rings. The van der Waals surface area contributed by atoms with Crippen molar-refractivity contribution in [1.29, 1.82) is 0 Å². The van der Waals surface area contributed by atoms with E-state index in [4.69, 9.17) is 11.6 Å². The van der Waals surface area contributed by atoms with Gasteiger partial charge in [0, 0.05) is 31.1 Å². The van der Waals surface area contributed by atoms with Gasteiger partial charge in [0.25, 0.3) is 0 Å². The number of hydrogen-bond donors (Lipinski definition) is 1. The molecular formula is C27H38ClN3O4S. The summed E-state index contributed by atoms with van der Waals surface area (Å²) in [6, 6.07) is 14.3. The first-order chi connectivity index (χ1) is 17.1. The Kier molecular flexibility index (Phi) is 11.7. The molecule has 0 aliphatic rings. The molecule has 198 valence electrons. The van der Waals surface area contributed by atoms with Gasteiger partial charge in [0.2, 0.25) is 21.8 Å². The molecule has 0 unspecified atom stereocenters. The van der Waals surface area contributed by atoms with Crippen LogP contribution in [0.25, 0.3) is 0 Å². The lowest BCUT2D eigenvalue weighted by molar-refractivity contribution is -0.139. The monoisotopic (exact) mass is 535 g/mol. The van der Waals surface area contributed by atoms with Gasteiger partial charge in [-0.05, 0) is 56.4 Å². The van der Waals surface area contributed by atoms with Crippen LogP contribution < -0.4 is 9.62 Å². The molecular weight excluding hydrogens is 498 g/mol. The Balaban J connectivity index is 2.12. The molecule has 0 bridgehead atoms. The smallest absolute Gasteiger partial charge is 0.242 e. The summed E-state index contributed by atoms with van der Waals surface area (Å²) in [5.74, 6) is -0.363. The van der Waals surface area contributed by atoms with E-state index >= 15 is 0 Å². The van der Waals surface area contributed by atoms with Crippen molar-refractivity contribution in [3.8, 4) is 0 Å². The first-order valence-corrected chi connectivity index (χ1v) is 14.6. The van der Waals surface area contributed by atoms with Crippen LogP contribution in [0.4, 0.5) is 5.69 Å². The summed E-state index contributed by atoms with van der Waals surface area (Å²) in [5, 5.41) is 3.39. The van der Waals surface area contributed by atoms with Crippen molar-refractivity contribution in [3.05, 3.63) is 64.7 Å². The number of hydrogen-bond acceptors (Lipinski definition) is 4. The van der Waals surface area contributed by atoms with Crippen LogP contribution in [0.15, 0.2) is 48.5 Å². The summed E-state index contributed by atoms with van der Waals surface area (Å²) in [4.78, 5) is 27.6. The Morgan fingerprint density at radius 3 is 2.36 bits per heavy atom. The average molecular weight is 536 g/mol. The lowest BCUT2D eigenvalue weighted by Gasteiger charge is -2.29. The highest BCUT2D eigenvalue weighted by molar-refractivity contribution is 7.92. The highest BCUT2D eigenvalue weighted by Gasteiger charge is 2.26. The number of halogens is 1.